The molecule has 1 aromatic heterocycles. The van der Waals surface area contributed by atoms with Gasteiger partial charge in [-0.15, -0.1) is 0 Å². The minimum Gasteiger partial charge on any atom is -0.351 e. The van der Waals surface area contributed by atoms with Crippen LogP contribution in [0.15, 0.2) is 24.3 Å². The first-order valence-corrected chi connectivity index (χ1v) is 8.13. The summed E-state index contributed by atoms with van der Waals surface area (Å²) in [7, 11) is 0. The number of aromatic nitrogens is 1. The van der Waals surface area contributed by atoms with E-state index in [1.54, 1.807) is 0 Å². The van der Waals surface area contributed by atoms with Crippen molar-refractivity contribution in [2.45, 2.75) is 57.9 Å². The second-order valence-electron chi connectivity index (χ2n) is 6.23. The van der Waals surface area contributed by atoms with E-state index in [4.69, 9.17) is 0 Å². The van der Waals surface area contributed by atoms with E-state index < -0.39 is 0 Å². The van der Waals surface area contributed by atoms with Crippen molar-refractivity contribution in [2.24, 2.45) is 0 Å². The number of hydrogen-bond donors (Lipinski definition) is 2. The lowest BCUT2D eigenvalue weighted by Gasteiger charge is -2.20. The molecule has 0 bridgehead atoms. The highest BCUT2D eigenvalue weighted by atomic mass is 16.1. The molecular weight excluding hydrogens is 260 g/mol. The molecule has 2 aromatic rings. The van der Waals surface area contributed by atoms with Crippen LogP contribution >= 0.6 is 0 Å². The van der Waals surface area contributed by atoms with Gasteiger partial charge in [-0.25, -0.2) is 0 Å². The van der Waals surface area contributed by atoms with Gasteiger partial charge >= 0.3 is 0 Å². The fourth-order valence-electron chi connectivity index (χ4n) is 3.29. The van der Waals surface area contributed by atoms with E-state index >= 15 is 0 Å². The zero-order valence-electron chi connectivity index (χ0n) is 12.7. The first kappa shape index (κ1) is 14.2. The van der Waals surface area contributed by atoms with Gasteiger partial charge in [0.25, 0.3) is 5.91 Å². The molecule has 1 amide bonds. The third kappa shape index (κ3) is 3.29. The number of H-pyrrole nitrogens is 1. The molecule has 0 aliphatic heterocycles. The van der Waals surface area contributed by atoms with E-state index in [0.717, 1.165) is 23.7 Å². The van der Waals surface area contributed by atoms with Crippen LogP contribution in [-0.2, 0) is 0 Å². The molecule has 0 saturated heterocycles. The number of aromatic amines is 1. The van der Waals surface area contributed by atoms with Crippen molar-refractivity contribution >= 4 is 16.8 Å². The van der Waals surface area contributed by atoms with Crippen LogP contribution in [-0.4, -0.2) is 16.9 Å². The summed E-state index contributed by atoms with van der Waals surface area (Å²) < 4.78 is 0. The van der Waals surface area contributed by atoms with Gasteiger partial charge in [-0.3, -0.25) is 4.79 Å². The monoisotopic (exact) mass is 284 g/mol. The summed E-state index contributed by atoms with van der Waals surface area (Å²) in [6.07, 6.45) is 8.65. The fourth-order valence-corrected chi connectivity index (χ4v) is 3.29. The number of fused-ring (bicyclic) bond motifs is 1. The highest BCUT2D eigenvalue weighted by molar-refractivity contribution is 5.98. The van der Waals surface area contributed by atoms with Crippen molar-refractivity contribution < 1.29 is 4.79 Å². The third-order valence-corrected chi connectivity index (χ3v) is 4.57. The van der Waals surface area contributed by atoms with Gasteiger partial charge in [0.1, 0.15) is 5.69 Å². The zero-order valence-corrected chi connectivity index (χ0v) is 12.7. The second kappa shape index (κ2) is 6.33. The van der Waals surface area contributed by atoms with Gasteiger partial charge < -0.3 is 10.3 Å². The predicted octanol–water partition coefficient (Wildman–Crippen LogP) is 4.32. The van der Waals surface area contributed by atoms with Gasteiger partial charge in [-0.2, -0.15) is 0 Å². The molecule has 0 radical (unpaired) electrons. The molecule has 3 nitrogen and oxygen atoms in total. The van der Waals surface area contributed by atoms with Crippen LogP contribution in [0.25, 0.3) is 10.9 Å². The average molecular weight is 284 g/mol. The van der Waals surface area contributed by atoms with Crippen molar-refractivity contribution in [1.29, 1.82) is 0 Å². The number of benzene rings is 1. The Labute approximate surface area is 126 Å². The highest BCUT2D eigenvalue weighted by Crippen LogP contribution is 2.20. The standard InChI is InChI=1S/C18H24N2O/c1-13-8-7-11-16-15(13)12-17(20-16)18(21)19-14-9-5-3-2-4-6-10-14/h7-8,11-12,14,20H,2-6,9-10H2,1H3,(H,19,21). The Hall–Kier alpha value is -1.77. The molecule has 1 fully saturated rings. The molecule has 112 valence electrons. The average Bonchev–Trinajstić information content (AvgIpc) is 2.87. The van der Waals surface area contributed by atoms with Crippen LogP contribution in [0.2, 0.25) is 0 Å². The summed E-state index contributed by atoms with van der Waals surface area (Å²) in [5.74, 6) is 0.0381. The zero-order chi connectivity index (χ0) is 14.7. The first-order valence-electron chi connectivity index (χ1n) is 8.13. The van der Waals surface area contributed by atoms with Gasteiger partial charge in [0, 0.05) is 16.9 Å². The molecule has 1 heterocycles. The summed E-state index contributed by atoms with van der Waals surface area (Å²) in [5.41, 5.74) is 2.92. The Morgan fingerprint density at radius 3 is 2.57 bits per heavy atom. The van der Waals surface area contributed by atoms with Crippen LogP contribution < -0.4 is 5.32 Å². The molecule has 3 rings (SSSR count). The molecule has 0 unspecified atom stereocenters. The van der Waals surface area contributed by atoms with Crippen molar-refractivity contribution in [3.63, 3.8) is 0 Å². The lowest BCUT2D eigenvalue weighted by molar-refractivity contribution is 0.0926. The van der Waals surface area contributed by atoms with Gasteiger partial charge in [-0.05, 0) is 37.5 Å². The topological polar surface area (TPSA) is 44.9 Å². The molecular formula is C18H24N2O. The maximum Gasteiger partial charge on any atom is 0.267 e. The van der Waals surface area contributed by atoms with Crippen LogP contribution in [0.1, 0.15) is 61.0 Å². The number of rotatable bonds is 2. The molecule has 1 aliphatic rings. The fraction of sp³-hybridized carbons (Fsp3) is 0.500. The maximum atomic E-state index is 12.4. The quantitative estimate of drug-likeness (QED) is 0.847. The minimum atomic E-state index is 0.0381. The maximum absolute atomic E-state index is 12.4. The number of amides is 1. The van der Waals surface area contributed by atoms with Crippen LogP contribution in [0.3, 0.4) is 0 Å². The lowest BCUT2D eigenvalue weighted by Crippen LogP contribution is -2.35. The molecule has 1 aliphatic carbocycles. The van der Waals surface area contributed by atoms with E-state index in [1.165, 1.54) is 37.7 Å². The Morgan fingerprint density at radius 2 is 1.86 bits per heavy atom. The van der Waals surface area contributed by atoms with E-state index in [0.29, 0.717) is 11.7 Å². The summed E-state index contributed by atoms with van der Waals surface area (Å²) in [6.45, 7) is 2.08. The minimum absolute atomic E-state index is 0.0381. The molecule has 1 saturated carbocycles. The second-order valence-corrected chi connectivity index (χ2v) is 6.23. The Kier molecular flexibility index (Phi) is 4.28. The molecule has 1 aromatic carbocycles. The van der Waals surface area contributed by atoms with E-state index in [-0.39, 0.29) is 5.91 Å². The Bertz CT molecular complexity index is 621. The van der Waals surface area contributed by atoms with Gasteiger partial charge in [-0.1, -0.05) is 44.2 Å². The van der Waals surface area contributed by atoms with Crippen molar-refractivity contribution in [3.8, 4) is 0 Å². The molecule has 21 heavy (non-hydrogen) atoms. The number of aryl methyl sites for hydroxylation is 1. The van der Waals surface area contributed by atoms with E-state index in [9.17, 15) is 4.79 Å². The molecule has 2 N–H and O–H groups in total. The van der Waals surface area contributed by atoms with Crippen LogP contribution in [0.4, 0.5) is 0 Å². The van der Waals surface area contributed by atoms with Crippen molar-refractivity contribution in [2.75, 3.05) is 0 Å². The summed E-state index contributed by atoms with van der Waals surface area (Å²) in [6, 6.07) is 8.43. The normalized spacial score (nSPS) is 17.4. The van der Waals surface area contributed by atoms with E-state index in [2.05, 4.69) is 23.3 Å². The van der Waals surface area contributed by atoms with Crippen LogP contribution in [0, 0.1) is 6.92 Å². The molecule has 3 heteroatoms. The van der Waals surface area contributed by atoms with Gasteiger partial charge in [0.05, 0.1) is 0 Å². The number of hydrogen-bond acceptors (Lipinski definition) is 1. The predicted molar refractivity (Wildman–Crippen MR) is 86.6 cm³/mol. The Morgan fingerprint density at radius 1 is 1.14 bits per heavy atom. The molecule has 0 atom stereocenters. The third-order valence-electron chi connectivity index (χ3n) is 4.57. The number of carbonyl (C=O) groups is 1. The smallest absolute Gasteiger partial charge is 0.267 e. The first-order chi connectivity index (χ1) is 10.2. The largest absolute Gasteiger partial charge is 0.351 e. The van der Waals surface area contributed by atoms with E-state index in [1.807, 2.05) is 18.2 Å². The Balaban J connectivity index is 1.72. The SMILES string of the molecule is Cc1cccc2[nH]c(C(=O)NC3CCCCCCC3)cc12. The van der Waals surface area contributed by atoms with Gasteiger partial charge in [0.2, 0.25) is 0 Å². The lowest BCUT2D eigenvalue weighted by atomic mass is 9.96. The highest BCUT2D eigenvalue weighted by Gasteiger charge is 2.16. The van der Waals surface area contributed by atoms with Gasteiger partial charge in [0.15, 0.2) is 0 Å². The van der Waals surface area contributed by atoms with Crippen molar-refractivity contribution in [1.82, 2.24) is 10.3 Å². The van der Waals surface area contributed by atoms with Crippen molar-refractivity contribution in [3.05, 3.63) is 35.5 Å². The number of nitrogens with one attached hydrogen (secondary N) is 2. The summed E-state index contributed by atoms with van der Waals surface area (Å²) >= 11 is 0. The summed E-state index contributed by atoms with van der Waals surface area (Å²) in [5, 5.41) is 4.35. The molecule has 0 spiro atoms. The summed E-state index contributed by atoms with van der Waals surface area (Å²) in [4.78, 5) is 15.7. The van der Waals surface area contributed by atoms with Crippen LogP contribution in [0.5, 0.6) is 0 Å². The number of carbonyl (C=O) groups excluding carboxylic acids is 1.